The molecule has 0 unspecified atom stereocenters. The van der Waals surface area contributed by atoms with Gasteiger partial charge in [-0.3, -0.25) is 25.0 Å². The van der Waals surface area contributed by atoms with Crippen molar-refractivity contribution in [2.75, 3.05) is 0 Å². The molecule has 23 heavy (non-hydrogen) atoms. The van der Waals surface area contributed by atoms with E-state index in [1.165, 1.54) is 6.07 Å². The number of hydrogen-bond acceptors (Lipinski definition) is 6. The summed E-state index contributed by atoms with van der Waals surface area (Å²) in [6, 6.07) is 6.06. The van der Waals surface area contributed by atoms with Crippen molar-refractivity contribution in [3.05, 3.63) is 65.1 Å². The Morgan fingerprint density at radius 3 is 2.30 bits per heavy atom. The lowest BCUT2D eigenvalue weighted by Crippen LogP contribution is -1.98. The molecular formula is C13H6Br2N2O6. The molecule has 118 valence electrons. The lowest BCUT2D eigenvalue weighted by Gasteiger charge is -2.11. The predicted octanol–water partition coefficient (Wildman–Crippen LogP) is 4.63. The minimum absolute atomic E-state index is 0.0696. The second kappa shape index (κ2) is 6.84. The summed E-state index contributed by atoms with van der Waals surface area (Å²) in [4.78, 5) is 31.4. The van der Waals surface area contributed by atoms with Crippen LogP contribution in [0.4, 0.5) is 11.4 Å². The van der Waals surface area contributed by atoms with Gasteiger partial charge < -0.3 is 4.74 Å². The van der Waals surface area contributed by atoms with Gasteiger partial charge in [0.2, 0.25) is 5.75 Å². The van der Waals surface area contributed by atoms with Gasteiger partial charge in [0.1, 0.15) is 0 Å². The molecule has 2 aromatic rings. The van der Waals surface area contributed by atoms with Gasteiger partial charge in [-0.25, -0.2) is 0 Å². The van der Waals surface area contributed by atoms with Crippen LogP contribution in [-0.4, -0.2) is 16.1 Å². The number of halogens is 2. The highest BCUT2D eigenvalue weighted by molar-refractivity contribution is 9.11. The van der Waals surface area contributed by atoms with Gasteiger partial charge in [0.25, 0.3) is 5.69 Å². The van der Waals surface area contributed by atoms with E-state index < -0.39 is 21.2 Å². The molecule has 2 aromatic carbocycles. The summed E-state index contributed by atoms with van der Waals surface area (Å²) in [6.07, 6.45) is 0.530. The maximum Gasteiger partial charge on any atom is 0.318 e. The van der Waals surface area contributed by atoms with Crippen molar-refractivity contribution < 1.29 is 19.4 Å². The molecule has 0 saturated heterocycles. The first-order valence-corrected chi connectivity index (χ1v) is 7.47. The highest BCUT2D eigenvalue weighted by Gasteiger charge is 2.23. The summed E-state index contributed by atoms with van der Waals surface area (Å²) < 4.78 is 6.45. The van der Waals surface area contributed by atoms with E-state index >= 15 is 0 Å². The number of hydrogen-bond donors (Lipinski definition) is 0. The number of carbonyl (C=O) groups excluding carboxylic acids is 1. The van der Waals surface area contributed by atoms with E-state index in [-0.39, 0.29) is 17.1 Å². The van der Waals surface area contributed by atoms with Gasteiger partial charge in [-0.2, -0.15) is 0 Å². The van der Waals surface area contributed by atoms with Crippen molar-refractivity contribution >= 4 is 49.5 Å². The number of benzene rings is 2. The van der Waals surface area contributed by atoms with Crippen LogP contribution < -0.4 is 4.74 Å². The molecule has 0 spiro atoms. The Kier molecular flexibility index (Phi) is 5.06. The SMILES string of the molecule is O=Cc1cc(Br)cc(Br)c1Oc1ccc([N+](=O)[O-])cc1[N+](=O)[O-]. The van der Waals surface area contributed by atoms with Crippen LogP contribution in [0.2, 0.25) is 0 Å². The van der Waals surface area contributed by atoms with Gasteiger partial charge in [-0.1, -0.05) is 15.9 Å². The third-order valence-electron chi connectivity index (χ3n) is 2.73. The molecule has 0 radical (unpaired) electrons. The van der Waals surface area contributed by atoms with Crippen LogP contribution in [0.5, 0.6) is 11.5 Å². The van der Waals surface area contributed by atoms with E-state index in [9.17, 15) is 25.0 Å². The summed E-state index contributed by atoms with van der Waals surface area (Å²) >= 11 is 6.41. The molecule has 0 bridgehead atoms. The van der Waals surface area contributed by atoms with E-state index in [4.69, 9.17) is 4.74 Å². The van der Waals surface area contributed by atoms with Gasteiger partial charge >= 0.3 is 5.69 Å². The number of nitrogens with zero attached hydrogens (tertiary/aromatic N) is 2. The largest absolute Gasteiger partial charge is 0.448 e. The predicted molar refractivity (Wildman–Crippen MR) is 87.1 cm³/mol. The number of non-ortho nitro benzene ring substituents is 1. The van der Waals surface area contributed by atoms with Crippen LogP contribution in [0.15, 0.2) is 39.3 Å². The number of rotatable bonds is 5. The first-order chi connectivity index (χ1) is 10.8. The normalized spacial score (nSPS) is 10.2. The molecule has 0 fully saturated rings. The monoisotopic (exact) mass is 444 g/mol. The maximum atomic E-state index is 11.1. The van der Waals surface area contributed by atoms with Crippen LogP contribution in [-0.2, 0) is 0 Å². The first-order valence-electron chi connectivity index (χ1n) is 5.88. The molecule has 0 aromatic heterocycles. The van der Waals surface area contributed by atoms with Crippen molar-refractivity contribution in [1.29, 1.82) is 0 Å². The fourth-order valence-corrected chi connectivity index (χ4v) is 3.07. The molecule has 0 N–H and O–H groups in total. The van der Waals surface area contributed by atoms with E-state index in [1.54, 1.807) is 6.07 Å². The molecule has 0 saturated carbocycles. The van der Waals surface area contributed by atoms with Gasteiger partial charge in [0, 0.05) is 10.5 Å². The molecule has 0 amide bonds. The Labute approximate surface area is 145 Å². The summed E-state index contributed by atoms with van der Waals surface area (Å²) in [5.74, 6) is -0.146. The molecule has 0 aliphatic heterocycles. The second-order valence-corrected chi connectivity index (χ2v) is 5.96. The number of aldehydes is 1. The van der Waals surface area contributed by atoms with Crippen LogP contribution >= 0.6 is 31.9 Å². The minimum atomic E-state index is -0.796. The van der Waals surface area contributed by atoms with E-state index in [0.717, 1.165) is 18.2 Å². The van der Waals surface area contributed by atoms with Crippen molar-refractivity contribution in [3.8, 4) is 11.5 Å². The number of carbonyl (C=O) groups is 1. The molecule has 2 rings (SSSR count). The average molecular weight is 446 g/mol. The van der Waals surface area contributed by atoms with Crippen LogP contribution in [0.1, 0.15) is 10.4 Å². The Hall–Kier alpha value is -2.33. The number of nitro benzene ring substituents is 2. The number of nitro groups is 2. The molecule has 0 aliphatic rings. The summed E-state index contributed by atoms with van der Waals surface area (Å²) in [5.41, 5.74) is -0.862. The lowest BCUT2D eigenvalue weighted by molar-refractivity contribution is -0.394. The topological polar surface area (TPSA) is 113 Å². The van der Waals surface area contributed by atoms with Crippen molar-refractivity contribution in [3.63, 3.8) is 0 Å². The fourth-order valence-electron chi connectivity index (χ4n) is 1.73. The van der Waals surface area contributed by atoms with Crippen molar-refractivity contribution in [1.82, 2.24) is 0 Å². The second-order valence-electron chi connectivity index (χ2n) is 4.19. The quantitative estimate of drug-likeness (QED) is 0.376. The average Bonchev–Trinajstić information content (AvgIpc) is 2.49. The molecule has 8 nitrogen and oxygen atoms in total. The van der Waals surface area contributed by atoms with Crippen LogP contribution in [0, 0.1) is 20.2 Å². The zero-order valence-electron chi connectivity index (χ0n) is 11.1. The summed E-state index contributed by atoms with van der Waals surface area (Å²) in [5, 5.41) is 21.8. The third-order valence-corrected chi connectivity index (χ3v) is 3.77. The third kappa shape index (κ3) is 3.71. The van der Waals surface area contributed by atoms with Gasteiger partial charge in [0.15, 0.2) is 12.0 Å². The highest BCUT2D eigenvalue weighted by atomic mass is 79.9. The highest BCUT2D eigenvalue weighted by Crippen LogP contribution is 2.39. The lowest BCUT2D eigenvalue weighted by atomic mass is 10.2. The Morgan fingerprint density at radius 1 is 1.04 bits per heavy atom. The van der Waals surface area contributed by atoms with Gasteiger partial charge in [-0.15, -0.1) is 0 Å². The minimum Gasteiger partial charge on any atom is -0.448 e. The zero-order chi connectivity index (χ0) is 17.1. The first kappa shape index (κ1) is 17.0. The van der Waals surface area contributed by atoms with Crippen LogP contribution in [0.25, 0.3) is 0 Å². The van der Waals surface area contributed by atoms with E-state index in [1.807, 2.05) is 0 Å². The summed E-state index contributed by atoms with van der Waals surface area (Å²) in [6.45, 7) is 0. The van der Waals surface area contributed by atoms with E-state index in [0.29, 0.717) is 15.2 Å². The fraction of sp³-hybridized carbons (Fsp3) is 0. The van der Waals surface area contributed by atoms with E-state index in [2.05, 4.69) is 31.9 Å². The smallest absolute Gasteiger partial charge is 0.318 e. The number of ether oxygens (including phenoxy) is 1. The summed E-state index contributed by atoms with van der Waals surface area (Å²) in [7, 11) is 0. The Morgan fingerprint density at radius 2 is 1.74 bits per heavy atom. The zero-order valence-corrected chi connectivity index (χ0v) is 14.2. The van der Waals surface area contributed by atoms with Crippen LogP contribution in [0.3, 0.4) is 0 Å². The molecule has 0 heterocycles. The molecule has 10 heteroatoms. The van der Waals surface area contributed by atoms with Crippen molar-refractivity contribution in [2.24, 2.45) is 0 Å². The van der Waals surface area contributed by atoms with Gasteiger partial charge in [-0.05, 0) is 34.1 Å². The molecule has 0 atom stereocenters. The van der Waals surface area contributed by atoms with Gasteiger partial charge in [0.05, 0.1) is 25.9 Å². The standard InChI is InChI=1S/C13H6Br2N2O6/c14-8-3-7(6-18)13(10(15)4-8)23-12-2-1-9(16(19)20)5-11(12)17(21)22/h1-6H. The Balaban J connectivity index is 2.55. The molecular weight excluding hydrogens is 440 g/mol. The Bertz CT molecular complexity index is 824. The molecule has 0 aliphatic carbocycles. The maximum absolute atomic E-state index is 11.1. The van der Waals surface area contributed by atoms with Crippen molar-refractivity contribution in [2.45, 2.75) is 0 Å².